The number of nitrogens with zero attached hydrogens (tertiary/aromatic N) is 4. The molecule has 0 atom stereocenters. The van der Waals surface area contributed by atoms with Crippen LogP contribution in [0.25, 0.3) is 0 Å². The molecule has 0 amide bonds. The van der Waals surface area contributed by atoms with E-state index in [1.807, 2.05) is 18.2 Å². The Balaban J connectivity index is 1.53. The number of hydrogen-bond acceptors (Lipinski definition) is 7. The van der Waals surface area contributed by atoms with Gasteiger partial charge in [-0.1, -0.05) is 6.07 Å². The van der Waals surface area contributed by atoms with Gasteiger partial charge in [-0.3, -0.25) is 0 Å². The Morgan fingerprint density at radius 1 is 1.08 bits per heavy atom. The van der Waals surface area contributed by atoms with Gasteiger partial charge < -0.3 is 10.6 Å². The van der Waals surface area contributed by atoms with Gasteiger partial charge in [0.15, 0.2) is 0 Å². The van der Waals surface area contributed by atoms with Gasteiger partial charge in [-0.25, -0.2) is 19.7 Å². The standard InChI is InChI=1S/C16H23N7O2S/c1-13-20-15(12-16(21-13)22-14-6-2-3-7-17-14)18-8-9-19-26(24,25)23-10-4-5-11-23/h2-3,6-7,12,19H,4-5,8-11H2,1H3,(H2,17,18,20,21,22). The van der Waals surface area contributed by atoms with Crippen molar-refractivity contribution in [3.63, 3.8) is 0 Å². The van der Waals surface area contributed by atoms with Crippen LogP contribution < -0.4 is 15.4 Å². The fourth-order valence-electron chi connectivity index (χ4n) is 2.68. The Morgan fingerprint density at radius 3 is 2.58 bits per heavy atom. The Hall–Kier alpha value is -2.30. The minimum Gasteiger partial charge on any atom is -0.369 e. The highest BCUT2D eigenvalue weighted by Crippen LogP contribution is 2.15. The maximum Gasteiger partial charge on any atom is 0.279 e. The fraction of sp³-hybridized carbons (Fsp3) is 0.438. The third kappa shape index (κ3) is 5.10. The largest absolute Gasteiger partial charge is 0.369 e. The lowest BCUT2D eigenvalue weighted by molar-refractivity contribution is 0.466. The summed E-state index contributed by atoms with van der Waals surface area (Å²) in [5, 5.41) is 6.23. The molecule has 26 heavy (non-hydrogen) atoms. The third-order valence-electron chi connectivity index (χ3n) is 3.88. The molecule has 3 heterocycles. The second kappa shape index (κ2) is 8.39. The number of aromatic nitrogens is 3. The smallest absolute Gasteiger partial charge is 0.279 e. The van der Waals surface area contributed by atoms with Crippen molar-refractivity contribution in [3.8, 4) is 0 Å². The summed E-state index contributed by atoms with van der Waals surface area (Å²) in [4.78, 5) is 12.8. The molecule has 1 saturated heterocycles. The fourth-order valence-corrected chi connectivity index (χ4v) is 3.96. The number of pyridine rings is 1. The summed E-state index contributed by atoms with van der Waals surface area (Å²) in [5.74, 6) is 2.54. The van der Waals surface area contributed by atoms with Gasteiger partial charge >= 0.3 is 0 Å². The van der Waals surface area contributed by atoms with Gasteiger partial charge in [0, 0.05) is 38.4 Å². The van der Waals surface area contributed by atoms with E-state index < -0.39 is 10.2 Å². The molecule has 0 aliphatic carbocycles. The van der Waals surface area contributed by atoms with E-state index in [0.29, 0.717) is 42.9 Å². The lowest BCUT2D eigenvalue weighted by Gasteiger charge is -2.16. The van der Waals surface area contributed by atoms with Crippen molar-refractivity contribution in [1.29, 1.82) is 0 Å². The SMILES string of the molecule is Cc1nc(NCCNS(=O)(=O)N2CCCC2)cc(Nc2ccccn2)n1. The number of rotatable bonds is 8. The normalized spacial score (nSPS) is 15.1. The molecule has 0 radical (unpaired) electrons. The molecule has 3 rings (SSSR count). The lowest BCUT2D eigenvalue weighted by atomic mass is 10.4. The van der Waals surface area contributed by atoms with Crippen molar-refractivity contribution in [2.24, 2.45) is 0 Å². The molecule has 0 saturated carbocycles. The Morgan fingerprint density at radius 2 is 1.85 bits per heavy atom. The Kier molecular flexibility index (Phi) is 5.96. The first-order valence-corrected chi connectivity index (χ1v) is 9.99. The molecular formula is C16H23N7O2S. The van der Waals surface area contributed by atoms with Gasteiger partial charge in [0.1, 0.15) is 23.3 Å². The van der Waals surface area contributed by atoms with Crippen molar-refractivity contribution in [2.45, 2.75) is 19.8 Å². The molecule has 1 aliphatic heterocycles. The van der Waals surface area contributed by atoms with E-state index in [2.05, 4.69) is 30.3 Å². The van der Waals surface area contributed by atoms with Crippen LogP contribution in [0.15, 0.2) is 30.5 Å². The van der Waals surface area contributed by atoms with Crippen LogP contribution in [0, 0.1) is 6.92 Å². The first-order chi connectivity index (χ1) is 12.5. The highest BCUT2D eigenvalue weighted by Gasteiger charge is 2.24. The molecule has 0 bridgehead atoms. The van der Waals surface area contributed by atoms with Crippen LogP contribution in [0.3, 0.4) is 0 Å². The summed E-state index contributed by atoms with van der Waals surface area (Å²) >= 11 is 0. The molecule has 1 aliphatic rings. The molecule has 2 aromatic rings. The number of anilines is 3. The summed E-state index contributed by atoms with van der Waals surface area (Å²) in [6.07, 6.45) is 3.54. The van der Waals surface area contributed by atoms with Crippen LogP contribution in [0.2, 0.25) is 0 Å². The number of hydrogen-bond donors (Lipinski definition) is 3. The first kappa shape index (κ1) is 18.5. The molecule has 2 aromatic heterocycles. The molecular weight excluding hydrogens is 354 g/mol. The van der Waals surface area contributed by atoms with E-state index in [-0.39, 0.29) is 6.54 Å². The predicted molar refractivity (Wildman–Crippen MR) is 101 cm³/mol. The molecule has 0 unspecified atom stereocenters. The average Bonchev–Trinajstić information content (AvgIpc) is 3.15. The maximum absolute atomic E-state index is 12.1. The van der Waals surface area contributed by atoms with E-state index in [4.69, 9.17) is 0 Å². The van der Waals surface area contributed by atoms with Crippen LogP contribution in [0.1, 0.15) is 18.7 Å². The summed E-state index contributed by atoms with van der Waals surface area (Å²) < 4.78 is 28.3. The van der Waals surface area contributed by atoms with E-state index in [9.17, 15) is 8.42 Å². The number of aryl methyl sites for hydroxylation is 1. The molecule has 9 nitrogen and oxygen atoms in total. The topological polar surface area (TPSA) is 112 Å². The van der Waals surface area contributed by atoms with Crippen molar-refractivity contribution >= 4 is 27.7 Å². The van der Waals surface area contributed by atoms with E-state index in [1.165, 1.54) is 4.31 Å². The van der Waals surface area contributed by atoms with Crippen LogP contribution in [0.5, 0.6) is 0 Å². The second-order valence-corrected chi connectivity index (χ2v) is 7.71. The average molecular weight is 377 g/mol. The van der Waals surface area contributed by atoms with Crippen molar-refractivity contribution in [2.75, 3.05) is 36.8 Å². The predicted octanol–water partition coefficient (Wildman–Crippen LogP) is 1.27. The maximum atomic E-state index is 12.1. The molecule has 10 heteroatoms. The van der Waals surface area contributed by atoms with Crippen LogP contribution >= 0.6 is 0 Å². The van der Waals surface area contributed by atoms with Gasteiger partial charge in [0.25, 0.3) is 10.2 Å². The summed E-state index contributed by atoms with van der Waals surface area (Å²) in [7, 11) is -3.38. The van der Waals surface area contributed by atoms with Crippen LogP contribution in [-0.4, -0.2) is 53.9 Å². The zero-order valence-electron chi connectivity index (χ0n) is 14.6. The van der Waals surface area contributed by atoms with Gasteiger partial charge in [-0.05, 0) is 31.9 Å². The van der Waals surface area contributed by atoms with Gasteiger partial charge in [0.05, 0.1) is 0 Å². The van der Waals surface area contributed by atoms with Crippen molar-refractivity contribution < 1.29 is 8.42 Å². The minimum atomic E-state index is -3.38. The van der Waals surface area contributed by atoms with Gasteiger partial charge in [0.2, 0.25) is 0 Å². The zero-order chi connectivity index (χ0) is 18.4. The molecule has 0 spiro atoms. The second-order valence-electron chi connectivity index (χ2n) is 5.96. The summed E-state index contributed by atoms with van der Waals surface area (Å²) in [6, 6.07) is 7.33. The van der Waals surface area contributed by atoms with E-state index >= 15 is 0 Å². The van der Waals surface area contributed by atoms with Crippen LogP contribution in [0.4, 0.5) is 17.5 Å². The first-order valence-electron chi connectivity index (χ1n) is 8.55. The van der Waals surface area contributed by atoms with Crippen LogP contribution in [-0.2, 0) is 10.2 Å². The van der Waals surface area contributed by atoms with E-state index in [1.54, 1.807) is 19.2 Å². The molecule has 140 valence electrons. The molecule has 3 N–H and O–H groups in total. The van der Waals surface area contributed by atoms with Crippen molar-refractivity contribution in [3.05, 3.63) is 36.3 Å². The zero-order valence-corrected chi connectivity index (χ0v) is 15.5. The van der Waals surface area contributed by atoms with E-state index in [0.717, 1.165) is 12.8 Å². The van der Waals surface area contributed by atoms with Gasteiger partial charge in [-0.15, -0.1) is 0 Å². The van der Waals surface area contributed by atoms with Gasteiger partial charge in [-0.2, -0.15) is 12.7 Å². The monoisotopic (exact) mass is 377 g/mol. The summed E-state index contributed by atoms with van der Waals surface area (Å²) in [5.41, 5.74) is 0. The summed E-state index contributed by atoms with van der Waals surface area (Å²) in [6.45, 7) is 3.69. The minimum absolute atomic E-state index is 0.283. The molecule has 0 aromatic carbocycles. The van der Waals surface area contributed by atoms with Crippen molar-refractivity contribution in [1.82, 2.24) is 24.0 Å². The molecule has 1 fully saturated rings. The Labute approximate surface area is 153 Å². The third-order valence-corrected chi connectivity index (χ3v) is 5.49. The quantitative estimate of drug-likeness (QED) is 0.594. The highest BCUT2D eigenvalue weighted by molar-refractivity contribution is 7.87. The number of nitrogens with one attached hydrogen (secondary N) is 3. The highest BCUT2D eigenvalue weighted by atomic mass is 32.2. The lowest BCUT2D eigenvalue weighted by Crippen LogP contribution is -2.40. The Bertz CT molecular complexity index is 824.